The standard InChI is InChI=1S/C9H14N4/c1-2-4-9(5-3-1)6-12-13-7-10-11-8-13/h6-9H,1-5H2. The van der Waals surface area contributed by atoms with Crippen molar-refractivity contribution < 1.29 is 0 Å². The van der Waals surface area contributed by atoms with Crippen LogP contribution in [0, 0.1) is 5.92 Å². The summed E-state index contributed by atoms with van der Waals surface area (Å²) in [5.74, 6) is 0.663. The second-order valence-corrected chi connectivity index (χ2v) is 3.50. The zero-order valence-electron chi connectivity index (χ0n) is 7.63. The zero-order chi connectivity index (χ0) is 8.93. The summed E-state index contributed by atoms with van der Waals surface area (Å²) in [6.45, 7) is 0. The van der Waals surface area contributed by atoms with E-state index in [2.05, 4.69) is 15.3 Å². The molecule has 0 aliphatic heterocycles. The fraction of sp³-hybridized carbons (Fsp3) is 0.667. The van der Waals surface area contributed by atoms with Gasteiger partial charge >= 0.3 is 0 Å². The molecule has 0 N–H and O–H groups in total. The lowest BCUT2D eigenvalue weighted by Crippen LogP contribution is -2.07. The van der Waals surface area contributed by atoms with Crippen LogP contribution >= 0.6 is 0 Å². The molecule has 0 radical (unpaired) electrons. The smallest absolute Gasteiger partial charge is 0.141 e. The van der Waals surface area contributed by atoms with Crippen LogP contribution in [0.3, 0.4) is 0 Å². The van der Waals surface area contributed by atoms with Crippen LogP contribution in [-0.4, -0.2) is 21.1 Å². The van der Waals surface area contributed by atoms with Crippen LogP contribution in [0.5, 0.6) is 0 Å². The van der Waals surface area contributed by atoms with Gasteiger partial charge in [-0.3, -0.25) is 0 Å². The summed E-state index contributed by atoms with van der Waals surface area (Å²) in [7, 11) is 0. The number of hydrogen-bond acceptors (Lipinski definition) is 3. The molecule has 0 amide bonds. The lowest BCUT2D eigenvalue weighted by Gasteiger charge is -2.16. The molecule has 1 fully saturated rings. The molecular weight excluding hydrogens is 164 g/mol. The Kier molecular flexibility index (Phi) is 2.69. The molecule has 1 aromatic rings. The highest BCUT2D eigenvalue weighted by molar-refractivity contribution is 5.60. The first-order valence-electron chi connectivity index (χ1n) is 4.84. The fourth-order valence-electron chi connectivity index (χ4n) is 1.71. The lowest BCUT2D eigenvalue weighted by molar-refractivity contribution is 0.443. The van der Waals surface area contributed by atoms with Crippen molar-refractivity contribution in [1.29, 1.82) is 0 Å². The van der Waals surface area contributed by atoms with Gasteiger partial charge in [0.25, 0.3) is 0 Å². The number of hydrogen-bond donors (Lipinski definition) is 0. The number of rotatable bonds is 2. The number of aromatic nitrogens is 3. The molecule has 4 nitrogen and oxygen atoms in total. The Balaban J connectivity index is 1.89. The quantitative estimate of drug-likeness (QED) is 0.647. The molecule has 0 aromatic carbocycles. The molecule has 2 rings (SSSR count). The molecule has 1 aliphatic rings. The monoisotopic (exact) mass is 178 g/mol. The van der Waals surface area contributed by atoms with Crippen molar-refractivity contribution in [2.75, 3.05) is 0 Å². The molecule has 0 spiro atoms. The maximum absolute atomic E-state index is 4.26. The normalized spacial score (nSPS) is 19.7. The van der Waals surface area contributed by atoms with Crippen LogP contribution in [0.4, 0.5) is 0 Å². The van der Waals surface area contributed by atoms with Gasteiger partial charge in [-0.15, -0.1) is 10.2 Å². The van der Waals surface area contributed by atoms with Gasteiger partial charge < -0.3 is 0 Å². The van der Waals surface area contributed by atoms with Gasteiger partial charge in [0.1, 0.15) is 12.7 Å². The van der Waals surface area contributed by atoms with Gasteiger partial charge in [-0.2, -0.15) is 5.10 Å². The van der Waals surface area contributed by atoms with E-state index in [-0.39, 0.29) is 0 Å². The molecule has 1 aromatic heterocycles. The SMILES string of the molecule is C(=Nn1cnnc1)C1CCCCC1. The van der Waals surface area contributed by atoms with Crippen LogP contribution in [0.15, 0.2) is 17.8 Å². The average molecular weight is 178 g/mol. The number of nitrogens with zero attached hydrogens (tertiary/aromatic N) is 4. The highest BCUT2D eigenvalue weighted by atomic mass is 15.4. The molecule has 1 heterocycles. The van der Waals surface area contributed by atoms with Gasteiger partial charge in [-0.05, 0) is 18.8 Å². The molecule has 0 atom stereocenters. The van der Waals surface area contributed by atoms with Crippen LogP contribution in [0.1, 0.15) is 32.1 Å². The summed E-state index contributed by atoms with van der Waals surface area (Å²) >= 11 is 0. The maximum atomic E-state index is 4.26. The van der Waals surface area contributed by atoms with E-state index in [4.69, 9.17) is 0 Å². The first-order valence-corrected chi connectivity index (χ1v) is 4.84. The first kappa shape index (κ1) is 8.41. The van der Waals surface area contributed by atoms with Crippen molar-refractivity contribution in [2.24, 2.45) is 11.0 Å². The molecule has 70 valence electrons. The second-order valence-electron chi connectivity index (χ2n) is 3.50. The van der Waals surface area contributed by atoms with E-state index < -0.39 is 0 Å². The lowest BCUT2D eigenvalue weighted by atomic mass is 9.90. The fourth-order valence-corrected chi connectivity index (χ4v) is 1.71. The summed E-state index contributed by atoms with van der Waals surface area (Å²) in [6.07, 6.45) is 11.9. The average Bonchev–Trinajstić information content (AvgIpc) is 2.69. The van der Waals surface area contributed by atoms with Gasteiger partial charge in [0.15, 0.2) is 0 Å². The van der Waals surface area contributed by atoms with Crippen molar-refractivity contribution in [2.45, 2.75) is 32.1 Å². The van der Waals surface area contributed by atoms with Crippen LogP contribution < -0.4 is 0 Å². The van der Waals surface area contributed by atoms with Gasteiger partial charge in [-0.25, -0.2) is 4.68 Å². The molecule has 0 saturated heterocycles. The summed E-state index contributed by atoms with van der Waals surface area (Å²) in [4.78, 5) is 0. The molecular formula is C9H14N4. The third-order valence-corrected chi connectivity index (χ3v) is 2.47. The Bertz CT molecular complexity index is 259. The van der Waals surface area contributed by atoms with Crippen LogP contribution in [-0.2, 0) is 0 Å². The largest absolute Gasteiger partial charge is 0.208 e. The van der Waals surface area contributed by atoms with Crippen LogP contribution in [0.25, 0.3) is 0 Å². The Morgan fingerprint density at radius 2 is 1.85 bits per heavy atom. The zero-order valence-corrected chi connectivity index (χ0v) is 7.63. The van der Waals surface area contributed by atoms with Crippen LogP contribution in [0.2, 0.25) is 0 Å². The van der Waals surface area contributed by atoms with E-state index in [1.165, 1.54) is 32.1 Å². The highest BCUT2D eigenvalue weighted by Crippen LogP contribution is 2.21. The Hall–Kier alpha value is -1.19. The van der Waals surface area contributed by atoms with E-state index >= 15 is 0 Å². The minimum atomic E-state index is 0.663. The van der Waals surface area contributed by atoms with E-state index in [1.54, 1.807) is 17.3 Å². The van der Waals surface area contributed by atoms with Gasteiger partial charge in [0.05, 0.1) is 0 Å². The highest BCUT2D eigenvalue weighted by Gasteiger charge is 2.10. The molecule has 4 heteroatoms. The Labute approximate surface area is 77.7 Å². The first-order chi connectivity index (χ1) is 6.45. The van der Waals surface area contributed by atoms with Crippen molar-refractivity contribution in [3.63, 3.8) is 0 Å². The molecule has 1 saturated carbocycles. The van der Waals surface area contributed by atoms with Gasteiger partial charge in [0, 0.05) is 6.21 Å². The minimum Gasteiger partial charge on any atom is -0.208 e. The van der Waals surface area contributed by atoms with Crippen molar-refractivity contribution >= 4 is 6.21 Å². The second kappa shape index (κ2) is 4.16. The minimum absolute atomic E-state index is 0.663. The maximum Gasteiger partial charge on any atom is 0.141 e. The molecule has 1 aliphatic carbocycles. The van der Waals surface area contributed by atoms with Gasteiger partial charge in [0.2, 0.25) is 0 Å². The molecule has 13 heavy (non-hydrogen) atoms. The van der Waals surface area contributed by atoms with E-state index in [0.29, 0.717) is 5.92 Å². The summed E-state index contributed by atoms with van der Waals surface area (Å²) in [6, 6.07) is 0. The molecule has 0 bridgehead atoms. The summed E-state index contributed by atoms with van der Waals surface area (Å²) in [5.41, 5.74) is 0. The van der Waals surface area contributed by atoms with Crippen molar-refractivity contribution in [3.8, 4) is 0 Å². The predicted molar refractivity (Wildman–Crippen MR) is 50.5 cm³/mol. The third kappa shape index (κ3) is 2.37. The molecule has 0 unspecified atom stereocenters. The third-order valence-electron chi connectivity index (χ3n) is 2.47. The van der Waals surface area contributed by atoms with Gasteiger partial charge in [-0.1, -0.05) is 19.3 Å². The Morgan fingerprint density at radius 3 is 2.54 bits per heavy atom. The summed E-state index contributed by atoms with van der Waals surface area (Å²) < 4.78 is 1.65. The topological polar surface area (TPSA) is 43.1 Å². The van der Waals surface area contributed by atoms with Crippen molar-refractivity contribution in [1.82, 2.24) is 14.9 Å². The Morgan fingerprint density at radius 1 is 1.15 bits per heavy atom. The van der Waals surface area contributed by atoms with E-state index in [1.807, 2.05) is 6.21 Å². The summed E-state index contributed by atoms with van der Waals surface area (Å²) in [5, 5.41) is 11.6. The predicted octanol–water partition coefficient (Wildman–Crippen LogP) is 1.69. The van der Waals surface area contributed by atoms with E-state index in [0.717, 1.165) is 0 Å². The van der Waals surface area contributed by atoms with Crippen molar-refractivity contribution in [3.05, 3.63) is 12.7 Å². The van der Waals surface area contributed by atoms with E-state index in [9.17, 15) is 0 Å².